The molecule has 0 atom stereocenters. The number of hydrogen-bond acceptors (Lipinski definition) is 3. The van der Waals surface area contributed by atoms with Crippen LogP contribution in [0.3, 0.4) is 0 Å². The summed E-state index contributed by atoms with van der Waals surface area (Å²) in [5.41, 5.74) is 5.39. The molecule has 32 heavy (non-hydrogen) atoms. The number of carbonyl (C=O) groups excluding carboxylic acids is 1. The number of hydrogen-bond donors (Lipinski definition) is 1. The summed E-state index contributed by atoms with van der Waals surface area (Å²) < 4.78 is 1.03. The molecule has 1 heterocycles. The average Bonchev–Trinajstić information content (AvgIpc) is 2.83. The Bertz CT molecular complexity index is 1050. The SMILES string of the molecule is Cc1cccc(C(=O)N2CCN(Cc3ccccc3)CCCNc3ccc(Br)cc3C2)c1. The summed E-state index contributed by atoms with van der Waals surface area (Å²) in [6.07, 6.45) is 1.05. The third-order valence-corrected chi connectivity index (χ3v) is 6.38. The molecule has 3 aromatic rings. The number of amides is 1. The molecular weight excluding hydrogens is 462 g/mol. The van der Waals surface area contributed by atoms with Crippen LogP contribution in [0.25, 0.3) is 0 Å². The van der Waals surface area contributed by atoms with Crippen molar-refractivity contribution >= 4 is 27.5 Å². The van der Waals surface area contributed by atoms with Gasteiger partial charge in [-0.1, -0.05) is 64.0 Å². The van der Waals surface area contributed by atoms with Crippen LogP contribution in [0.15, 0.2) is 77.3 Å². The Balaban J connectivity index is 1.60. The summed E-state index contributed by atoms with van der Waals surface area (Å²) in [6, 6.07) is 24.8. The van der Waals surface area contributed by atoms with Gasteiger partial charge < -0.3 is 10.2 Å². The number of nitrogens with zero attached hydrogens (tertiary/aromatic N) is 2. The first kappa shape index (κ1) is 22.6. The highest BCUT2D eigenvalue weighted by molar-refractivity contribution is 9.10. The van der Waals surface area contributed by atoms with Crippen molar-refractivity contribution in [3.63, 3.8) is 0 Å². The van der Waals surface area contributed by atoms with E-state index in [2.05, 4.69) is 74.7 Å². The first-order valence-electron chi connectivity index (χ1n) is 11.2. The van der Waals surface area contributed by atoms with Crippen molar-refractivity contribution in [2.24, 2.45) is 0 Å². The van der Waals surface area contributed by atoms with Crippen molar-refractivity contribution in [2.45, 2.75) is 26.4 Å². The largest absolute Gasteiger partial charge is 0.385 e. The van der Waals surface area contributed by atoms with Crippen molar-refractivity contribution in [2.75, 3.05) is 31.5 Å². The van der Waals surface area contributed by atoms with Crippen molar-refractivity contribution in [3.05, 3.63) is 99.5 Å². The molecule has 0 radical (unpaired) electrons. The van der Waals surface area contributed by atoms with E-state index in [9.17, 15) is 4.79 Å². The quantitative estimate of drug-likeness (QED) is 0.508. The van der Waals surface area contributed by atoms with Gasteiger partial charge in [-0.3, -0.25) is 9.69 Å². The molecule has 0 aromatic heterocycles. The predicted molar refractivity (Wildman–Crippen MR) is 135 cm³/mol. The summed E-state index contributed by atoms with van der Waals surface area (Å²) in [5, 5.41) is 3.60. The molecule has 0 bridgehead atoms. The van der Waals surface area contributed by atoms with Gasteiger partial charge in [0.05, 0.1) is 0 Å². The molecule has 1 N–H and O–H groups in total. The molecule has 4 nitrogen and oxygen atoms in total. The van der Waals surface area contributed by atoms with Gasteiger partial charge in [-0.15, -0.1) is 0 Å². The van der Waals surface area contributed by atoms with Crippen molar-refractivity contribution in [1.29, 1.82) is 0 Å². The lowest BCUT2D eigenvalue weighted by Crippen LogP contribution is -2.38. The number of anilines is 1. The van der Waals surface area contributed by atoms with Crippen LogP contribution >= 0.6 is 15.9 Å². The van der Waals surface area contributed by atoms with E-state index in [0.29, 0.717) is 13.1 Å². The Morgan fingerprint density at radius 2 is 1.81 bits per heavy atom. The Hall–Kier alpha value is -2.63. The number of benzene rings is 3. The summed E-state index contributed by atoms with van der Waals surface area (Å²) in [4.78, 5) is 18.0. The van der Waals surface area contributed by atoms with Crippen molar-refractivity contribution in [3.8, 4) is 0 Å². The highest BCUT2D eigenvalue weighted by Gasteiger charge is 2.20. The first-order chi connectivity index (χ1) is 15.6. The van der Waals surface area contributed by atoms with Gasteiger partial charge in [0, 0.05) is 55.0 Å². The van der Waals surface area contributed by atoms with Crippen LogP contribution in [0.2, 0.25) is 0 Å². The lowest BCUT2D eigenvalue weighted by molar-refractivity contribution is 0.0720. The molecule has 5 heteroatoms. The Morgan fingerprint density at radius 3 is 2.62 bits per heavy atom. The van der Waals surface area contributed by atoms with Crippen LogP contribution in [0, 0.1) is 6.92 Å². The second-order valence-electron chi connectivity index (χ2n) is 8.44. The summed E-state index contributed by atoms with van der Waals surface area (Å²) >= 11 is 3.60. The van der Waals surface area contributed by atoms with Crippen LogP contribution in [-0.4, -0.2) is 41.9 Å². The molecule has 0 saturated heterocycles. The highest BCUT2D eigenvalue weighted by atomic mass is 79.9. The monoisotopic (exact) mass is 491 g/mol. The molecule has 4 rings (SSSR count). The summed E-state index contributed by atoms with van der Waals surface area (Å²) in [5.74, 6) is 0.0820. The van der Waals surface area contributed by atoms with E-state index in [-0.39, 0.29) is 5.91 Å². The fraction of sp³-hybridized carbons (Fsp3) is 0.296. The Morgan fingerprint density at radius 1 is 0.969 bits per heavy atom. The molecule has 0 unspecified atom stereocenters. The molecule has 1 aliphatic rings. The number of halogens is 1. The van der Waals surface area contributed by atoms with Crippen molar-refractivity contribution < 1.29 is 4.79 Å². The summed E-state index contributed by atoms with van der Waals surface area (Å²) in [6.45, 7) is 6.93. The lowest BCUT2D eigenvalue weighted by Gasteiger charge is -2.28. The highest BCUT2D eigenvalue weighted by Crippen LogP contribution is 2.24. The van der Waals surface area contributed by atoms with E-state index in [1.165, 1.54) is 5.56 Å². The van der Waals surface area contributed by atoms with E-state index < -0.39 is 0 Å². The minimum absolute atomic E-state index is 0.0820. The van der Waals surface area contributed by atoms with Crippen LogP contribution in [0.5, 0.6) is 0 Å². The van der Waals surface area contributed by atoms with Gasteiger partial charge in [0.1, 0.15) is 0 Å². The normalized spacial score (nSPS) is 15.4. The van der Waals surface area contributed by atoms with E-state index in [4.69, 9.17) is 0 Å². The molecule has 1 aliphatic heterocycles. The number of aryl methyl sites for hydroxylation is 1. The maximum absolute atomic E-state index is 13.5. The molecular formula is C27H30BrN3O. The number of nitrogens with one attached hydrogen (secondary N) is 1. The molecule has 0 saturated carbocycles. The maximum atomic E-state index is 13.5. The zero-order valence-corrected chi connectivity index (χ0v) is 20.1. The van der Waals surface area contributed by atoms with E-state index in [1.807, 2.05) is 36.1 Å². The summed E-state index contributed by atoms with van der Waals surface area (Å²) in [7, 11) is 0. The standard InChI is InChI=1S/C27H30BrN3O/c1-21-7-5-10-23(17-21)27(32)31-16-15-30(19-22-8-3-2-4-9-22)14-6-13-29-26-12-11-25(28)18-24(26)20-31/h2-5,7-12,17-18,29H,6,13-16,19-20H2,1H3. The van der Waals surface area contributed by atoms with E-state index >= 15 is 0 Å². The third-order valence-electron chi connectivity index (χ3n) is 5.88. The van der Waals surface area contributed by atoms with E-state index in [1.54, 1.807) is 0 Å². The van der Waals surface area contributed by atoms with Gasteiger partial charge >= 0.3 is 0 Å². The second kappa shape index (κ2) is 10.8. The molecule has 166 valence electrons. The fourth-order valence-electron chi connectivity index (χ4n) is 4.18. The van der Waals surface area contributed by atoms with Crippen molar-refractivity contribution in [1.82, 2.24) is 9.80 Å². The predicted octanol–water partition coefficient (Wildman–Crippen LogP) is 5.72. The van der Waals surface area contributed by atoms with Gasteiger partial charge in [-0.25, -0.2) is 0 Å². The zero-order chi connectivity index (χ0) is 22.3. The first-order valence-corrected chi connectivity index (χ1v) is 12.0. The minimum Gasteiger partial charge on any atom is -0.385 e. The smallest absolute Gasteiger partial charge is 0.254 e. The lowest BCUT2D eigenvalue weighted by atomic mass is 10.1. The van der Waals surface area contributed by atoms with Crippen LogP contribution in [0.4, 0.5) is 5.69 Å². The van der Waals surface area contributed by atoms with Gasteiger partial charge in [0.25, 0.3) is 5.91 Å². The van der Waals surface area contributed by atoms with Crippen LogP contribution in [0.1, 0.15) is 33.5 Å². The third kappa shape index (κ3) is 5.99. The molecule has 0 spiro atoms. The number of rotatable bonds is 3. The van der Waals surface area contributed by atoms with Crippen LogP contribution in [-0.2, 0) is 13.1 Å². The Labute approximate surface area is 199 Å². The topological polar surface area (TPSA) is 35.6 Å². The Kier molecular flexibility index (Phi) is 7.61. The van der Waals surface area contributed by atoms with Gasteiger partial charge in [0.2, 0.25) is 0 Å². The zero-order valence-electron chi connectivity index (χ0n) is 18.6. The average molecular weight is 492 g/mol. The van der Waals surface area contributed by atoms with Gasteiger partial charge in [0.15, 0.2) is 0 Å². The molecule has 3 aromatic carbocycles. The molecule has 1 amide bonds. The molecule has 0 fully saturated rings. The number of fused-ring (bicyclic) bond motifs is 1. The second-order valence-corrected chi connectivity index (χ2v) is 9.36. The minimum atomic E-state index is 0.0820. The van der Waals surface area contributed by atoms with E-state index in [0.717, 1.165) is 59.5 Å². The molecule has 0 aliphatic carbocycles. The van der Waals surface area contributed by atoms with Gasteiger partial charge in [-0.2, -0.15) is 0 Å². The fourth-order valence-corrected chi connectivity index (χ4v) is 4.59. The number of carbonyl (C=O) groups is 1. The maximum Gasteiger partial charge on any atom is 0.254 e. The van der Waals surface area contributed by atoms with Gasteiger partial charge in [-0.05, 0) is 54.8 Å². The van der Waals surface area contributed by atoms with Crippen LogP contribution < -0.4 is 5.32 Å².